The second-order valence-electron chi connectivity index (χ2n) is 5.87. The molecule has 0 aromatic heterocycles. The number of amides is 2. The van der Waals surface area contributed by atoms with E-state index in [4.69, 9.17) is 4.74 Å². The fraction of sp³-hybridized carbons (Fsp3) is 0.263. The number of rotatable bonds is 6. The molecule has 1 aliphatic heterocycles. The number of carbonyl (C=O) groups is 2. The Bertz CT molecular complexity index is 765. The Morgan fingerprint density at radius 2 is 1.84 bits per heavy atom. The molecule has 2 aromatic carbocycles. The quantitative estimate of drug-likeness (QED) is 0.784. The first-order valence-electron chi connectivity index (χ1n) is 8.15. The lowest BCUT2D eigenvalue weighted by Crippen LogP contribution is -2.41. The van der Waals surface area contributed by atoms with E-state index in [0.717, 1.165) is 5.56 Å². The summed E-state index contributed by atoms with van der Waals surface area (Å²) in [5.41, 5.74) is 1.63. The van der Waals surface area contributed by atoms with Crippen molar-refractivity contribution in [3.63, 3.8) is 0 Å². The third kappa shape index (κ3) is 4.56. The van der Waals surface area contributed by atoms with Gasteiger partial charge in [-0.3, -0.25) is 9.59 Å². The zero-order valence-corrected chi connectivity index (χ0v) is 13.6. The van der Waals surface area contributed by atoms with Crippen molar-refractivity contribution in [1.82, 2.24) is 10.6 Å². The summed E-state index contributed by atoms with van der Waals surface area (Å²) >= 11 is 0. The summed E-state index contributed by atoms with van der Waals surface area (Å²) in [6, 6.07) is 13.7. The number of nitrogens with one attached hydrogen (secondary N) is 2. The SMILES string of the molecule is O=C(Cc1ccccc1)NCCNC(=O)C1Cc2cc(F)ccc2O1. The number of fused-ring (bicyclic) bond motifs is 1. The number of carbonyl (C=O) groups excluding carboxylic acids is 2. The van der Waals surface area contributed by atoms with E-state index >= 15 is 0 Å². The Labute approximate surface area is 145 Å². The topological polar surface area (TPSA) is 67.4 Å². The molecule has 1 aliphatic rings. The molecule has 1 heterocycles. The van der Waals surface area contributed by atoms with Crippen LogP contribution in [-0.2, 0) is 22.4 Å². The predicted molar refractivity (Wildman–Crippen MR) is 90.7 cm³/mol. The Morgan fingerprint density at radius 3 is 2.64 bits per heavy atom. The standard InChI is InChI=1S/C19H19FN2O3/c20-15-6-7-16-14(11-15)12-17(25-16)19(24)22-9-8-21-18(23)10-13-4-2-1-3-5-13/h1-7,11,17H,8-10,12H2,(H,21,23)(H,22,24). The molecule has 3 rings (SSSR count). The van der Waals surface area contributed by atoms with Gasteiger partial charge in [0.2, 0.25) is 5.91 Å². The highest BCUT2D eigenvalue weighted by molar-refractivity contribution is 5.82. The number of hydrogen-bond donors (Lipinski definition) is 2. The lowest BCUT2D eigenvalue weighted by Gasteiger charge is -2.11. The summed E-state index contributed by atoms with van der Waals surface area (Å²) < 4.78 is 18.7. The average molecular weight is 342 g/mol. The Hall–Kier alpha value is -2.89. The minimum Gasteiger partial charge on any atom is -0.480 e. The largest absolute Gasteiger partial charge is 0.480 e. The lowest BCUT2D eigenvalue weighted by atomic mass is 10.1. The highest BCUT2D eigenvalue weighted by atomic mass is 19.1. The average Bonchev–Trinajstić information content (AvgIpc) is 3.02. The first kappa shape index (κ1) is 17.0. The molecule has 0 spiro atoms. The van der Waals surface area contributed by atoms with Gasteiger partial charge in [0, 0.05) is 25.1 Å². The van der Waals surface area contributed by atoms with Crippen molar-refractivity contribution in [1.29, 1.82) is 0 Å². The maximum absolute atomic E-state index is 13.2. The Balaban J connectivity index is 1.37. The van der Waals surface area contributed by atoms with Gasteiger partial charge in [-0.25, -0.2) is 4.39 Å². The van der Waals surface area contributed by atoms with Gasteiger partial charge in [-0.1, -0.05) is 30.3 Å². The third-order valence-electron chi connectivity index (χ3n) is 3.94. The van der Waals surface area contributed by atoms with E-state index in [1.54, 1.807) is 0 Å². The molecule has 1 unspecified atom stereocenters. The molecule has 2 amide bonds. The van der Waals surface area contributed by atoms with Crippen LogP contribution in [0.3, 0.4) is 0 Å². The fourth-order valence-electron chi connectivity index (χ4n) is 2.71. The second-order valence-corrected chi connectivity index (χ2v) is 5.87. The van der Waals surface area contributed by atoms with Crippen molar-refractivity contribution < 1.29 is 18.7 Å². The molecule has 0 saturated carbocycles. The van der Waals surface area contributed by atoms with Crippen molar-refractivity contribution in [2.24, 2.45) is 0 Å². The zero-order valence-electron chi connectivity index (χ0n) is 13.6. The molecule has 0 saturated heterocycles. The van der Waals surface area contributed by atoms with Gasteiger partial charge >= 0.3 is 0 Å². The molecule has 2 N–H and O–H groups in total. The van der Waals surface area contributed by atoms with Crippen molar-refractivity contribution >= 4 is 11.8 Å². The molecule has 25 heavy (non-hydrogen) atoms. The van der Waals surface area contributed by atoms with E-state index in [9.17, 15) is 14.0 Å². The Kier molecular flexibility index (Phi) is 5.28. The molecule has 0 aliphatic carbocycles. The number of halogens is 1. The van der Waals surface area contributed by atoms with E-state index in [-0.39, 0.29) is 17.6 Å². The van der Waals surface area contributed by atoms with Crippen LogP contribution in [0.5, 0.6) is 5.75 Å². The second kappa shape index (κ2) is 7.79. The highest BCUT2D eigenvalue weighted by Crippen LogP contribution is 2.29. The summed E-state index contributed by atoms with van der Waals surface area (Å²) in [5, 5.41) is 5.48. The number of benzene rings is 2. The van der Waals surface area contributed by atoms with E-state index in [0.29, 0.717) is 37.2 Å². The summed E-state index contributed by atoms with van der Waals surface area (Å²) in [5.74, 6) is -0.170. The van der Waals surface area contributed by atoms with Crippen LogP contribution in [-0.4, -0.2) is 31.0 Å². The molecule has 0 radical (unpaired) electrons. The normalized spacial score (nSPS) is 15.2. The first-order chi connectivity index (χ1) is 12.1. The van der Waals surface area contributed by atoms with Gasteiger partial charge in [-0.2, -0.15) is 0 Å². The molecule has 0 bridgehead atoms. The number of ether oxygens (including phenoxy) is 1. The van der Waals surface area contributed by atoms with Crippen LogP contribution < -0.4 is 15.4 Å². The van der Waals surface area contributed by atoms with Gasteiger partial charge in [0.25, 0.3) is 5.91 Å². The Morgan fingerprint density at radius 1 is 1.08 bits per heavy atom. The summed E-state index contributed by atoms with van der Waals surface area (Å²) in [4.78, 5) is 23.9. The highest BCUT2D eigenvalue weighted by Gasteiger charge is 2.29. The van der Waals surface area contributed by atoms with Gasteiger partial charge in [0.05, 0.1) is 6.42 Å². The molecule has 1 atom stereocenters. The van der Waals surface area contributed by atoms with E-state index < -0.39 is 6.10 Å². The van der Waals surface area contributed by atoms with Gasteiger partial charge < -0.3 is 15.4 Å². The molecule has 6 heteroatoms. The van der Waals surface area contributed by atoms with Crippen LogP contribution in [0.2, 0.25) is 0 Å². The van der Waals surface area contributed by atoms with Gasteiger partial charge in [-0.15, -0.1) is 0 Å². The maximum atomic E-state index is 13.2. The molecule has 2 aromatic rings. The summed E-state index contributed by atoms with van der Waals surface area (Å²) in [7, 11) is 0. The molecule has 0 fully saturated rings. The summed E-state index contributed by atoms with van der Waals surface area (Å²) in [6.45, 7) is 0.648. The van der Waals surface area contributed by atoms with Crippen molar-refractivity contribution in [3.05, 3.63) is 65.5 Å². The minimum atomic E-state index is -0.656. The van der Waals surface area contributed by atoms with Crippen molar-refractivity contribution in [2.45, 2.75) is 18.9 Å². The van der Waals surface area contributed by atoms with E-state index in [2.05, 4.69) is 10.6 Å². The van der Waals surface area contributed by atoms with Crippen molar-refractivity contribution in [2.75, 3.05) is 13.1 Å². The lowest BCUT2D eigenvalue weighted by molar-refractivity contribution is -0.127. The maximum Gasteiger partial charge on any atom is 0.261 e. The predicted octanol–water partition coefficient (Wildman–Crippen LogP) is 1.60. The summed E-state index contributed by atoms with van der Waals surface area (Å²) in [6.07, 6.45) is -0.00226. The van der Waals surface area contributed by atoms with Crippen LogP contribution in [0.4, 0.5) is 4.39 Å². The van der Waals surface area contributed by atoms with Crippen molar-refractivity contribution in [3.8, 4) is 5.75 Å². The van der Waals surface area contributed by atoms with E-state index in [1.165, 1.54) is 18.2 Å². The van der Waals surface area contributed by atoms with Gasteiger partial charge in [0.1, 0.15) is 11.6 Å². The van der Waals surface area contributed by atoms with Crippen LogP contribution in [0.25, 0.3) is 0 Å². The monoisotopic (exact) mass is 342 g/mol. The van der Waals surface area contributed by atoms with E-state index in [1.807, 2.05) is 30.3 Å². The van der Waals surface area contributed by atoms with Crippen LogP contribution >= 0.6 is 0 Å². The molecule has 130 valence electrons. The third-order valence-corrected chi connectivity index (χ3v) is 3.94. The fourth-order valence-corrected chi connectivity index (χ4v) is 2.71. The van der Waals surface area contributed by atoms with Crippen LogP contribution in [0.1, 0.15) is 11.1 Å². The first-order valence-corrected chi connectivity index (χ1v) is 8.15. The zero-order chi connectivity index (χ0) is 17.6. The molecule has 5 nitrogen and oxygen atoms in total. The molecular formula is C19H19FN2O3. The molecular weight excluding hydrogens is 323 g/mol. The smallest absolute Gasteiger partial charge is 0.261 e. The van der Waals surface area contributed by atoms with Crippen LogP contribution in [0.15, 0.2) is 48.5 Å². The van der Waals surface area contributed by atoms with Gasteiger partial charge in [0.15, 0.2) is 6.10 Å². The van der Waals surface area contributed by atoms with Gasteiger partial charge in [-0.05, 0) is 23.8 Å². The van der Waals surface area contributed by atoms with Crippen LogP contribution in [0, 0.1) is 5.82 Å². The minimum absolute atomic E-state index is 0.0968. The number of hydrogen-bond acceptors (Lipinski definition) is 3.